The number of nitrogens with zero attached hydrogens (tertiary/aromatic N) is 4. The molecule has 0 saturated heterocycles. The van der Waals surface area contributed by atoms with Crippen molar-refractivity contribution in [2.75, 3.05) is 31.5 Å². The summed E-state index contributed by atoms with van der Waals surface area (Å²) in [4.78, 5) is 18.1. The average Bonchev–Trinajstić information content (AvgIpc) is 3.07. The lowest BCUT2D eigenvalue weighted by Gasteiger charge is -2.28. The topological polar surface area (TPSA) is 53.4 Å². The molecule has 0 atom stereocenters. The van der Waals surface area contributed by atoms with Crippen LogP contribution in [0.15, 0.2) is 53.0 Å². The first kappa shape index (κ1) is 25.5. The molecule has 0 saturated carbocycles. The van der Waals surface area contributed by atoms with Crippen molar-refractivity contribution in [2.45, 2.75) is 46.2 Å². The van der Waals surface area contributed by atoms with Crippen LogP contribution in [-0.2, 0) is 31.4 Å². The zero-order valence-electron chi connectivity index (χ0n) is 21.1. The van der Waals surface area contributed by atoms with Crippen molar-refractivity contribution < 1.29 is 4.79 Å². The van der Waals surface area contributed by atoms with Gasteiger partial charge in [0.2, 0.25) is 5.91 Å². The van der Waals surface area contributed by atoms with Gasteiger partial charge in [-0.25, -0.2) is 0 Å². The van der Waals surface area contributed by atoms with Crippen molar-refractivity contribution in [1.82, 2.24) is 19.6 Å². The number of aryl methyl sites for hydroxylation is 2. The van der Waals surface area contributed by atoms with Crippen LogP contribution in [0.2, 0.25) is 0 Å². The van der Waals surface area contributed by atoms with Gasteiger partial charge in [-0.1, -0.05) is 46.3 Å². The number of hydrogen-bond acceptors (Lipinski definition) is 4. The van der Waals surface area contributed by atoms with E-state index in [4.69, 9.17) is 0 Å². The highest BCUT2D eigenvalue weighted by Gasteiger charge is 2.20. The molecule has 0 unspecified atom stereocenters. The van der Waals surface area contributed by atoms with Gasteiger partial charge in [-0.2, -0.15) is 5.10 Å². The average molecular weight is 539 g/mol. The van der Waals surface area contributed by atoms with Crippen LogP contribution in [0.1, 0.15) is 40.9 Å². The quantitative estimate of drug-likeness (QED) is 0.493. The first-order valence-corrected chi connectivity index (χ1v) is 13.3. The molecule has 1 N–H and O–H groups in total. The van der Waals surface area contributed by atoms with E-state index in [1.54, 1.807) is 0 Å². The molecule has 0 aliphatic carbocycles. The van der Waals surface area contributed by atoms with Gasteiger partial charge in [-0.3, -0.25) is 14.4 Å². The highest BCUT2D eigenvalue weighted by molar-refractivity contribution is 9.10. The Kier molecular flexibility index (Phi) is 8.63. The largest absolute Gasteiger partial charge is 0.385 e. The molecule has 2 aromatic carbocycles. The highest BCUT2D eigenvalue weighted by atomic mass is 79.9. The number of amides is 1. The van der Waals surface area contributed by atoms with E-state index in [1.165, 1.54) is 11.1 Å². The van der Waals surface area contributed by atoms with Gasteiger partial charge >= 0.3 is 0 Å². The molecule has 1 amide bonds. The molecule has 3 aromatic rings. The number of halogens is 1. The molecular formula is C28H36BrN5O. The number of carbonyl (C=O) groups excluding carboxylic acids is 1. The van der Waals surface area contributed by atoms with Crippen molar-refractivity contribution in [3.8, 4) is 0 Å². The summed E-state index contributed by atoms with van der Waals surface area (Å²) in [6.45, 7) is 9.07. The molecule has 1 aliphatic rings. The van der Waals surface area contributed by atoms with Gasteiger partial charge < -0.3 is 10.2 Å². The predicted octanol–water partition coefficient (Wildman–Crippen LogP) is 5.08. The third-order valence-corrected chi connectivity index (χ3v) is 7.42. The number of nitrogens with one attached hydrogen (secondary N) is 1. The van der Waals surface area contributed by atoms with E-state index in [9.17, 15) is 4.79 Å². The van der Waals surface area contributed by atoms with Crippen molar-refractivity contribution >= 4 is 27.5 Å². The number of hydrogen-bond donors (Lipinski definition) is 1. The van der Waals surface area contributed by atoms with Gasteiger partial charge in [0.25, 0.3) is 0 Å². The number of aromatic nitrogens is 2. The summed E-state index contributed by atoms with van der Waals surface area (Å²) in [6.07, 6.45) is 2.26. The lowest BCUT2D eigenvalue weighted by atomic mass is 10.1. The van der Waals surface area contributed by atoms with Crippen molar-refractivity contribution in [1.29, 1.82) is 0 Å². The number of fused-ring (bicyclic) bond motifs is 1. The zero-order chi connectivity index (χ0) is 24.8. The first-order valence-electron chi connectivity index (χ1n) is 12.5. The fraction of sp³-hybridized carbons (Fsp3) is 0.429. The summed E-state index contributed by atoms with van der Waals surface area (Å²) >= 11 is 3.62. The number of rotatable bonds is 5. The van der Waals surface area contributed by atoms with Gasteiger partial charge in [0.05, 0.1) is 5.69 Å². The minimum atomic E-state index is 0.192. The Balaban J connectivity index is 1.52. The second kappa shape index (κ2) is 11.9. The molecule has 2 heterocycles. The molecule has 0 bridgehead atoms. The zero-order valence-corrected chi connectivity index (χ0v) is 22.6. The normalized spacial score (nSPS) is 15.3. The minimum Gasteiger partial charge on any atom is -0.385 e. The summed E-state index contributed by atoms with van der Waals surface area (Å²) in [7, 11) is 1.96. The van der Waals surface area contributed by atoms with Crippen LogP contribution >= 0.6 is 15.9 Å². The van der Waals surface area contributed by atoms with Crippen molar-refractivity contribution in [3.05, 3.63) is 81.1 Å². The van der Waals surface area contributed by atoms with Crippen molar-refractivity contribution in [2.24, 2.45) is 7.05 Å². The maximum Gasteiger partial charge on any atom is 0.223 e. The van der Waals surface area contributed by atoms with Gasteiger partial charge in [0, 0.05) is 68.6 Å². The molecule has 1 aromatic heterocycles. The molecule has 0 spiro atoms. The molecular weight excluding hydrogens is 502 g/mol. The van der Waals surface area contributed by atoms with E-state index < -0.39 is 0 Å². The van der Waals surface area contributed by atoms with Gasteiger partial charge in [0.1, 0.15) is 0 Å². The Morgan fingerprint density at radius 3 is 2.63 bits per heavy atom. The van der Waals surface area contributed by atoms with Crippen LogP contribution < -0.4 is 5.32 Å². The third kappa shape index (κ3) is 6.73. The van der Waals surface area contributed by atoms with Crippen LogP contribution in [0.5, 0.6) is 0 Å². The Labute approximate surface area is 217 Å². The SMILES string of the molecule is Cc1nn(C)c(C)c1CCC(=O)N1CCN(Cc2ccccc2)CCCNc2ccc(Br)cc2C1. The second-order valence-electron chi connectivity index (χ2n) is 9.43. The monoisotopic (exact) mass is 537 g/mol. The number of benzene rings is 2. The number of anilines is 1. The summed E-state index contributed by atoms with van der Waals surface area (Å²) in [5.41, 5.74) is 6.92. The Morgan fingerprint density at radius 1 is 1.09 bits per heavy atom. The smallest absolute Gasteiger partial charge is 0.223 e. The van der Waals surface area contributed by atoms with Gasteiger partial charge in [0.15, 0.2) is 0 Å². The lowest BCUT2D eigenvalue weighted by molar-refractivity contribution is -0.132. The molecule has 6 nitrogen and oxygen atoms in total. The second-order valence-corrected chi connectivity index (χ2v) is 10.3. The third-order valence-electron chi connectivity index (χ3n) is 6.93. The summed E-state index contributed by atoms with van der Waals surface area (Å²) < 4.78 is 2.94. The van der Waals surface area contributed by atoms with Crippen LogP contribution in [-0.4, -0.2) is 51.7 Å². The van der Waals surface area contributed by atoms with Crippen LogP contribution in [0.4, 0.5) is 5.69 Å². The van der Waals surface area contributed by atoms with Gasteiger partial charge in [-0.05, 0) is 61.6 Å². The predicted molar refractivity (Wildman–Crippen MR) is 145 cm³/mol. The molecule has 4 rings (SSSR count). The summed E-state index contributed by atoms with van der Waals surface area (Å²) in [5.74, 6) is 0.192. The van der Waals surface area contributed by atoms with Crippen LogP contribution in [0.3, 0.4) is 0 Å². The molecule has 0 fully saturated rings. The van der Waals surface area contributed by atoms with Crippen LogP contribution in [0, 0.1) is 13.8 Å². The lowest BCUT2D eigenvalue weighted by Crippen LogP contribution is -2.38. The van der Waals surface area contributed by atoms with Gasteiger partial charge in [-0.15, -0.1) is 0 Å². The maximum absolute atomic E-state index is 13.6. The number of carbonyl (C=O) groups is 1. The van der Waals surface area contributed by atoms with E-state index in [1.807, 2.05) is 23.6 Å². The standard InChI is InChI=1S/C28H36BrN5O/c1-21-26(22(2)32(3)31-21)11-13-28(35)34-17-16-33(19-23-8-5-4-6-9-23)15-7-14-30-27-12-10-25(29)18-24(27)20-34/h4-6,8-10,12,18,30H,7,11,13-17,19-20H2,1-3H3. The molecule has 35 heavy (non-hydrogen) atoms. The fourth-order valence-corrected chi connectivity index (χ4v) is 5.24. The fourth-order valence-electron chi connectivity index (χ4n) is 4.83. The molecule has 7 heteroatoms. The van der Waals surface area contributed by atoms with E-state index in [0.717, 1.165) is 66.1 Å². The van der Waals surface area contributed by atoms with E-state index in [2.05, 4.69) is 86.7 Å². The van der Waals surface area contributed by atoms with E-state index in [-0.39, 0.29) is 5.91 Å². The van der Waals surface area contributed by atoms with Crippen molar-refractivity contribution in [3.63, 3.8) is 0 Å². The highest BCUT2D eigenvalue weighted by Crippen LogP contribution is 2.24. The molecule has 1 aliphatic heterocycles. The first-order chi connectivity index (χ1) is 16.9. The summed E-state index contributed by atoms with van der Waals surface area (Å²) in [5, 5.41) is 8.13. The van der Waals surface area contributed by atoms with E-state index >= 15 is 0 Å². The minimum absolute atomic E-state index is 0.192. The maximum atomic E-state index is 13.6. The Hall–Kier alpha value is -2.64. The van der Waals surface area contributed by atoms with Crippen LogP contribution in [0.25, 0.3) is 0 Å². The molecule has 186 valence electrons. The Morgan fingerprint density at radius 2 is 1.89 bits per heavy atom. The Bertz CT molecular complexity index is 1140. The molecule has 0 radical (unpaired) electrons. The summed E-state index contributed by atoms with van der Waals surface area (Å²) in [6, 6.07) is 16.9. The van der Waals surface area contributed by atoms with E-state index in [0.29, 0.717) is 19.5 Å².